The van der Waals surface area contributed by atoms with E-state index in [1.165, 1.54) is 18.2 Å². The van der Waals surface area contributed by atoms with E-state index in [1.807, 2.05) is 13.8 Å². The minimum atomic E-state index is -4.83. The Balaban J connectivity index is 1.91. The van der Waals surface area contributed by atoms with E-state index in [9.17, 15) is 18.0 Å². The van der Waals surface area contributed by atoms with E-state index < -0.39 is 17.9 Å². The summed E-state index contributed by atoms with van der Waals surface area (Å²) in [6.07, 6.45) is -3.51. The first-order valence-electron chi connectivity index (χ1n) is 11.0. The molecular formula is C26H23Cl2F3N2O2. The van der Waals surface area contributed by atoms with Gasteiger partial charge in [0.1, 0.15) is 5.75 Å². The molecule has 4 nitrogen and oxygen atoms in total. The zero-order valence-corrected chi connectivity index (χ0v) is 20.5. The quantitative estimate of drug-likeness (QED) is 0.324. The molecule has 1 unspecified atom stereocenters. The summed E-state index contributed by atoms with van der Waals surface area (Å²) in [5, 5.41) is 1.03. The number of alkyl halides is 3. The molecule has 4 rings (SSSR count). The van der Waals surface area contributed by atoms with Crippen molar-refractivity contribution in [3.8, 4) is 5.75 Å². The molecule has 3 aromatic rings. The molecule has 0 aromatic heterocycles. The summed E-state index contributed by atoms with van der Waals surface area (Å²) in [4.78, 5) is 17.3. The van der Waals surface area contributed by atoms with Gasteiger partial charge < -0.3 is 4.74 Å². The molecule has 0 N–H and O–H groups in total. The third-order valence-electron chi connectivity index (χ3n) is 6.11. The molecule has 0 bridgehead atoms. The summed E-state index contributed by atoms with van der Waals surface area (Å²) in [5.41, 5.74) is 0.920. The standard InChI is InChI=1S/C26H23Cl2F3N2O2/c1-3-15-25(2)23(17-5-4-6-22(16-17)35-26(29,30)31)32(20-11-7-18(27)8-12-20)24(34)33(25)21-13-9-19(28)10-14-21/h4-14,16,23H,3,15H2,1-2H3/t23?,25-/m1/s1. The molecule has 2 amide bonds. The van der Waals surface area contributed by atoms with E-state index >= 15 is 0 Å². The van der Waals surface area contributed by atoms with Gasteiger partial charge in [0.05, 0.1) is 11.6 Å². The zero-order valence-electron chi connectivity index (χ0n) is 19.0. The second-order valence-corrected chi connectivity index (χ2v) is 9.44. The lowest BCUT2D eigenvalue weighted by molar-refractivity contribution is -0.274. The highest BCUT2D eigenvalue weighted by atomic mass is 35.5. The van der Waals surface area contributed by atoms with Crippen molar-refractivity contribution >= 4 is 40.6 Å². The number of carbonyl (C=O) groups is 1. The average Bonchev–Trinajstić information content (AvgIpc) is 3.01. The number of rotatable bonds is 6. The lowest BCUT2D eigenvalue weighted by atomic mass is 9.82. The largest absolute Gasteiger partial charge is 0.573 e. The fraction of sp³-hybridized carbons (Fsp3) is 0.269. The van der Waals surface area contributed by atoms with Crippen LogP contribution in [0.3, 0.4) is 0 Å². The Bertz CT molecular complexity index is 1200. The molecule has 184 valence electrons. The van der Waals surface area contributed by atoms with Crippen LogP contribution in [-0.4, -0.2) is 17.9 Å². The van der Waals surface area contributed by atoms with E-state index in [2.05, 4.69) is 4.74 Å². The predicted molar refractivity (Wildman–Crippen MR) is 132 cm³/mol. The summed E-state index contributed by atoms with van der Waals surface area (Å²) < 4.78 is 43.1. The summed E-state index contributed by atoms with van der Waals surface area (Å²) in [6.45, 7) is 3.95. The number of amides is 2. The minimum Gasteiger partial charge on any atom is -0.406 e. The molecule has 1 aliphatic heterocycles. The molecule has 1 fully saturated rings. The van der Waals surface area contributed by atoms with Crippen LogP contribution in [0.1, 0.15) is 38.3 Å². The summed E-state index contributed by atoms with van der Waals surface area (Å²) in [6, 6.07) is 18.6. The van der Waals surface area contributed by atoms with Gasteiger partial charge in [-0.1, -0.05) is 48.7 Å². The molecule has 0 spiro atoms. The third kappa shape index (κ3) is 5.07. The summed E-state index contributed by atoms with van der Waals surface area (Å²) >= 11 is 12.2. The first-order valence-corrected chi connectivity index (χ1v) is 11.8. The van der Waals surface area contributed by atoms with Crippen LogP contribution in [-0.2, 0) is 0 Å². The van der Waals surface area contributed by atoms with Crippen LogP contribution in [0.5, 0.6) is 5.75 Å². The van der Waals surface area contributed by atoms with Crippen LogP contribution in [0.15, 0.2) is 72.8 Å². The molecule has 2 atom stereocenters. The lowest BCUT2D eigenvalue weighted by Gasteiger charge is -2.39. The molecule has 0 radical (unpaired) electrons. The van der Waals surface area contributed by atoms with E-state index in [-0.39, 0.29) is 11.8 Å². The van der Waals surface area contributed by atoms with Gasteiger partial charge in [-0.15, -0.1) is 13.2 Å². The SMILES string of the molecule is CCC[C@]1(C)C(c2cccc(OC(F)(F)F)c2)N(c2ccc(Cl)cc2)C(=O)N1c1ccc(Cl)cc1. The van der Waals surface area contributed by atoms with Gasteiger partial charge in [-0.2, -0.15) is 0 Å². The highest BCUT2D eigenvalue weighted by Crippen LogP contribution is 2.50. The van der Waals surface area contributed by atoms with E-state index in [0.717, 1.165) is 6.42 Å². The third-order valence-corrected chi connectivity index (χ3v) is 6.61. The molecule has 1 heterocycles. The summed E-state index contributed by atoms with van der Waals surface area (Å²) in [7, 11) is 0. The Morgan fingerprint density at radius 2 is 1.51 bits per heavy atom. The molecule has 3 aromatic carbocycles. The predicted octanol–water partition coefficient (Wildman–Crippen LogP) is 8.64. The number of carbonyl (C=O) groups excluding carboxylic acids is 1. The highest BCUT2D eigenvalue weighted by molar-refractivity contribution is 6.31. The van der Waals surface area contributed by atoms with Crippen LogP contribution in [0, 0.1) is 0 Å². The van der Waals surface area contributed by atoms with E-state index in [0.29, 0.717) is 33.4 Å². The molecule has 0 aliphatic carbocycles. The van der Waals surface area contributed by atoms with Crippen LogP contribution < -0.4 is 14.5 Å². The molecule has 1 saturated heterocycles. The highest BCUT2D eigenvalue weighted by Gasteiger charge is 2.55. The topological polar surface area (TPSA) is 32.8 Å². The van der Waals surface area contributed by atoms with Crippen molar-refractivity contribution in [2.24, 2.45) is 0 Å². The van der Waals surface area contributed by atoms with Crippen LogP contribution >= 0.6 is 23.2 Å². The van der Waals surface area contributed by atoms with E-state index in [4.69, 9.17) is 23.2 Å². The number of anilines is 2. The van der Waals surface area contributed by atoms with Gasteiger partial charge >= 0.3 is 12.4 Å². The number of ether oxygens (including phenoxy) is 1. The van der Waals surface area contributed by atoms with Crippen molar-refractivity contribution < 1.29 is 22.7 Å². The first kappa shape index (κ1) is 25.2. The molecule has 0 saturated carbocycles. The maximum Gasteiger partial charge on any atom is 0.573 e. The van der Waals surface area contributed by atoms with Gasteiger partial charge in [-0.05, 0) is 79.6 Å². The Labute approximate surface area is 211 Å². The van der Waals surface area contributed by atoms with Gasteiger partial charge in [0, 0.05) is 21.4 Å². The van der Waals surface area contributed by atoms with Gasteiger partial charge in [-0.25, -0.2) is 4.79 Å². The Hall–Kier alpha value is -2.90. The van der Waals surface area contributed by atoms with Crippen LogP contribution in [0.2, 0.25) is 10.0 Å². The normalized spacial score (nSPS) is 20.4. The average molecular weight is 523 g/mol. The number of urea groups is 1. The van der Waals surface area contributed by atoms with Crippen molar-refractivity contribution in [2.45, 2.75) is 44.6 Å². The van der Waals surface area contributed by atoms with Crippen LogP contribution in [0.4, 0.5) is 29.3 Å². The molecule has 1 aliphatic rings. The Kier molecular flexibility index (Phi) is 6.93. The number of benzene rings is 3. The fourth-order valence-electron chi connectivity index (χ4n) is 4.84. The van der Waals surface area contributed by atoms with Crippen LogP contribution in [0.25, 0.3) is 0 Å². The smallest absolute Gasteiger partial charge is 0.406 e. The summed E-state index contributed by atoms with van der Waals surface area (Å²) in [5.74, 6) is -0.345. The first-order chi connectivity index (χ1) is 16.5. The maximum atomic E-state index is 14.0. The van der Waals surface area contributed by atoms with Crippen molar-refractivity contribution in [3.63, 3.8) is 0 Å². The number of halogens is 5. The van der Waals surface area contributed by atoms with Crippen molar-refractivity contribution in [2.75, 3.05) is 9.80 Å². The molecule has 9 heteroatoms. The molecule has 35 heavy (non-hydrogen) atoms. The second-order valence-electron chi connectivity index (χ2n) is 8.57. The lowest BCUT2D eigenvalue weighted by Crippen LogP contribution is -2.46. The Morgan fingerprint density at radius 3 is 2.06 bits per heavy atom. The van der Waals surface area contributed by atoms with Gasteiger partial charge in [-0.3, -0.25) is 9.80 Å². The number of nitrogens with zero attached hydrogens (tertiary/aromatic N) is 2. The van der Waals surface area contributed by atoms with Crippen molar-refractivity contribution in [1.82, 2.24) is 0 Å². The number of hydrogen-bond acceptors (Lipinski definition) is 2. The Morgan fingerprint density at radius 1 is 0.943 bits per heavy atom. The van der Waals surface area contributed by atoms with Gasteiger partial charge in [0.2, 0.25) is 0 Å². The molecular weight excluding hydrogens is 500 g/mol. The zero-order chi connectivity index (χ0) is 25.4. The van der Waals surface area contributed by atoms with Crippen molar-refractivity contribution in [3.05, 3.63) is 88.4 Å². The fourth-order valence-corrected chi connectivity index (χ4v) is 5.09. The minimum absolute atomic E-state index is 0.308. The van der Waals surface area contributed by atoms with Gasteiger partial charge in [0.15, 0.2) is 0 Å². The number of hydrogen-bond donors (Lipinski definition) is 0. The maximum absolute atomic E-state index is 14.0. The second kappa shape index (κ2) is 9.63. The van der Waals surface area contributed by atoms with Crippen molar-refractivity contribution in [1.29, 1.82) is 0 Å². The van der Waals surface area contributed by atoms with Gasteiger partial charge in [0.25, 0.3) is 0 Å². The van der Waals surface area contributed by atoms with E-state index in [1.54, 1.807) is 64.4 Å². The monoisotopic (exact) mass is 522 g/mol.